The van der Waals surface area contributed by atoms with E-state index in [4.69, 9.17) is 0 Å². The van der Waals surface area contributed by atoms with Crippen LogP contribution in [0.15, 0.2) is 4.60 Å². The molecule has 0 spiro atoms. The van der Waals surface area contributed by atoms with Crippen LogP contribution in [-0.4, -0.2) is 9.78 Å². The lowest BCUT2D eigenvalue weighted by atomic mass is 10.1. The van der Waals surface area contributed by atoms with Crippen LogP contribution in [0.3, 0.4) is 0 Å². The highest BCUT2D eigenvalue weighted by Crippen LogP contribution is 2.24. The number of nitrogens with zero attached hydrogens (tertiary/aromatic N) is 2. The van der Waals surface area contributed by atoms with Crippen molar-refractivity contribution in [3.63, 3.8) is 0 Å². The number of halogens is 3. The zero-order valence-corrected chi connectivity index (χ0v) is 10.8. The van der Waals surface area contributed by atoms with Crippen LogP contribution < -0.4 is 0 Å². The number of hydrogen-bond acceptors (Lipinski definition) is 1. The van der Waals surface area contributed by atoms with E-state index in [-0.39, 0.29) is 16.0 Å². The van der Waals surface area contributed by atoms with Gasteiger partial charge in [0.15, 0.2) is 10.4 Å². The third-order valence-corrected chi connectivity index (χ3v) is 2.81. The van der Waals surface area contributed by atoms with Crippen LogP contribution in [0.2, 0.25) is 0 Å². The molecular weight excluding hydrogens is 338 g/mol. The normalized spacial score (nSPS) is 12.2. The largest absolute Gasteiger partial charge is 0.250 e. The van der Waals surface area contributed by atoms with E-state index in [2.05, 4.69) is 21.0 Å². The summed E-state index contributed by atoms with van der Waals surface area (Å²) in [6.07, 6.45) is 0. The first-order valence-corrected chi connectivity index (χ1v) is 5.31. The van der Waals surface area contributed by atoms with Crippen molar-refractivity contribution >= 4 is 38.5 Å². The van der Waals surface area contributed by atoms with Gasteiger partial charge in [0.1, 0.15) is 3.70 Å². The molecule has 1 aromatic rings. The molecule has 1 rings (SSSR count). The molecular formula is C7H9BrFIN2. The van der Waals surface area contributed by atoms with Gasteiger partial charge in [0.2, 0.25) is 0 Å². The van der Waals surface area contributed by atoms with Gasteiger partial charge in [-0.15, -0.1) is 0 Å². The fourth-order valence-electron chi connectivity index (χ4n) is 0.798. The van der Waals surface area contributed by atoms with Crippen LogP contribution in [0.4, 0.5) is 4.39 Å². The minimum absolute atomic E-state index is 0.177. The van der Waals surface area contributed by atoms with Gasteiger partial charge < -0.3 is 0 Å². The Kier molecular flexibility index (Phi) is 2.82. The SMILES string of the molecule is CC(C)(C)n1nc(Br)c(F)c1I. The van der Waals surface area contributed by atoms with Crippen molar-refractivity contribution in [2.45, 2.75) is 26.3 Å². The zero-order valence-electron chi connectivity index (χ0n) is 7.03. The summed E-state index contributed by atoms with van der Waals surface area (Å²) in [6.45, 7) is 5.94. The molecule has 0 unspecified atom stereocenters. The van der Waals surface area contributed by atoms with E-state index < -0.39 is 0 Å². The summed E-state index contributed by atoms with van der Waals surface area (Å²) in [5, 5.41) is 4.03. The van der Waals surface area contributed by atoms with Crippen LogP contribution in [0, 0.1) is 9.52 Å². The van der Waals surface area contributed by atoms with Gasteiger partial charge in [-0.2, -0.15) is 5.10 Å². The predicted octanol–water partition coefficient (Wildman–Crippen LogP) is 3.14. The second-order valence-corrected chi connectivity index (χ2v) is 5.25. The van der Waals surface area contributed by atoms with E-state index >= 15 is 0 Å². The molecule has 2 nitrogen and oxygen atoms in total. The Morgan fingerprint density at radius 1 is 1.50 bits per heavy atom. The second-order valence-electron chi connectivity index (χ2n) is 3.48. The van der Waals surface area contributed by atoms with Crippen molar-refractivity contribution in [2.75, 3.05) is 0 Å². The third-order valence-electron chi connectivity index (χ3n) is 1.37. The first-order chi connectivity index (χ1) is 5.34. The molecule has 0 amide bonds. The van der Waals surface area contributed by atoms with Crippen LogP contribution in [0.1, 0.15) is 20.8 Å². The van der Waals surface area contributed by atoms with E-state index in [9.17, 15) is 4.39 Å². The molecule has 5 heteroatoms. The molecule has 0 atom stereocenters. The summed E-state index contributed by atoms with van der Waals surface area (Å²) in [4.78, 5) is 0. The van der Waals surface area contributed by atoms with Crippen LogP contribution in [0.5, 0.6) is 0 Å². The molecule has 1 aromatic heterocycles. The maximum atomic E-state index is 13.1. The number of hydrogen-bond donors (Lipinski definition) is 0. The Morgan fingerprint density at radius 2 is 2.00 bits per heavy atom. The van der Waals surface area contributed by atoms with Gasteiger partial charge in [-0.05, 0) is 59.3 Å². The molecule has 0 aliphatic heterocycles. The van der Waals surface area contributed by atoms with Crippen LogP contribution >= 0.6 is 38.5 Å². The summed E-state index contributed by atoms with van der Waals surface area (Å²) in [5.41, 5.74) is -0.177. The predicted molar refractivity (Wildman–Crippen MR) is 57.6 cm³/mol. The molecule has 68 valence electrons. The summed E-state index contributed by atoms with van der Waals surface area (Å²) >= 11 is 4.99. The minimum Gasteiger partial charge on any atom is -0.250 e. The van der Waals surface area contributed by atoms with Crippen molar-refractivity contribution in [3.8, 4) is 0 Å². The Hall–Kier alpha value is 0.350. The van der Waals surface area contributed by atoms with Crippen molar-refractivity contribution in [1.82, 2.24) is 9.78 Å². The summed E-state index contributed by atoms with van der Waals surface area (Å²) < 4.78 is 15.6. The first kappa shape index (κ1) is 10.4. The molecule has 0 aliphatic carbocycles. The molecule has 12 heavy (non-hydrogen) atoms. The number of rotatable bonds is 0. The maximum Gasteiger partial charge on any atom is 0.189 e. The van der Waals surface area contributed by atoms with Crippen molar-refractivity contribution in [2.24, 2.45) is 0 Å². The van der Waals surface area contributed by atoms with E-state index in [1.807, 2.05) is 43.4 Å². The molecule has 0 aromatic carbocycles. The quantitative estimate of drug-likeness (QED) is 0.660. The van der Waals surface area contributed by atoms with Crippen molar-refractivity contribution in [1.29, 1.82) is 0 Å². The van der Waals surface area contributed by atoms with E-state index in [0.29, 0.717) is 3.70 Å². The second kappa shape index (κ2) is 3.25. The van der Waals surface area contributed by atoms with Crippen LogP contribution in [-0.2, 0) is 5.54 Å². The number of aromatic nitrogens is 2. The first-order valence-electron chi connectivity index (χ1n) is 3.44. The average Bonchev–Trinajstić information content (AvgIpc) is 2.15. The van der Waals surface area contributed by atoms with E-state index in [0.717, 1.165) is 0 Å². The lowest BCUT2D eigenvalue weighted by Gasteiger charge is -2.19. The van der Waals surface area contributed by atoms with E-state index in [1.54, 1.807) is 4.68 Å². The molecule has 0 saturated carbocycles. The molecule has 0 bridgehead atoms. The summed E-state index contributed by atoms with van der Waals surface area (Å²) in [7, 11) is 0. The molecule has 0 saturated heterocycles. The standard InChI is InChI=1S/C7H9BrFIN2/c1-7(2,3)12-6(10)4(9)5(8)11-12/h1-3H3. The topological polar surface area (TPSA) is 17.8 Å². The molecule has 0 radical (unpaired) electrons. The lowest BCUT2D eigenvalue weighted by Crippen LogP contribution is -2.24. The van der Waals surface area contributed by atoms with Gasteiger partial charge in [0.05, 0.1) is 5.54 Å². The fourth-order valence-corrected chi connectivity index (χ4v) is 2.60. The Balaban J connectivity index is 3.28. The third kappa shape index (κ3) is 1.81. The maximum absolute atomic E-state index is 13.1. The van der Waals surface area contributed by atoms with E-state index in [1.165, 1.54) is 0 Å². The van der Waals surface area contributed by atoms with Gasteiger partial charge in [-0.25, -0.2) is 9.07 Å². The molecule has 0 fully saturated rings. The molecule has 0 N–H and O–H groups in total. The van der Waals surface area contributed by atoms with Gasteiger partial charge in [0.25, 0.3) is 0 Å². The van der Waals surface area contributed by atoms with Gasteiger partial charge >= 0.3 is 0 Å². The Bertz CT molecular complexity index is 303. The minimum atomic E-state index is -0.287. The smallest absolute Gasteiger partial charge is 0.189 e. The average molecular weight is 347 g/mol. The Labute approximate surface area is 92.8 Å². The highest BCUT2D eigenvalue weighted by atomic mass is 127. The molecule has 1 heterocycles. The highest BCUT2D eigenvalue weighted by Gasteiger charge is 2.22. The summed E-state index contributed by atoms with van der Waals surface area (Å²) in [5.74, 6) is -0.287. The zero-order chi connectivity index (χ0) is 9.52. The van der Waals surface area contributed by atoms with Gasteiger partial charge in [0, 0.05) is 0 Å². The van der Waals surface area contributed by atoms with Crippen LogP contribution in [0.25, 0.3) is 0 Å². The lowest BCUT2D eigenvalue weighted by molar-refractivity contribution is 0.344. The fraction of sp³-hybridized carbons (Fsp3) is 0.571. The van der Waals surface area contributed by atoms with Crippen molar-refractivity contribution < 1.29 is 4.39 Å². The van der Waals surface area contributed by atoms with Crippen molar-refractivity contribution in [3.05, 3.63) is 14.1 Å². The monoisotopic (exact) mass is 346 g/mol. The Morgan fingerprint density at radius 3 is 2.17 bits per heavy atom. The van der Waals surface area contributed by atoms with Gasteiger partial charge in [-0.3, -0.25) is 0 Å². The molecule has 0 aliphatic rings. The summed E-state index contributed by atoms with van der Waals surface area (Å²) in [6, 6.07) is 0. The highest BCUT2D eigenvalue weighted by molar-refractivity contribution is 14.1. The van der Waals surface area contributed by atoms with Gasteiger partial charge in [-0.1, -0.05) is 0 Å².